The van der Waals surface area contributed by atoms with E-state index in [4.69, 9.17) is 14.2 Å². The summed E-state index contributed by atoms with van der Waals surface area (Å²) in [5, 5.41) is 2.57. The van der Waals surface area contributed by atoms with Crippen LogP contribution < -0.4 is 14.8 Å². The molecule has 1 saturated heterocycles. The summed E-state index contributed by atoms with van der Waals surface area (Å²) in [6.07, 6.45) is 3.70. The van der Waals surface area contributed by atoms with E-state index < -0.39 is 26.6 Å². The van der Waals surface area contributed by atoms with Crippen molar-refractivity contribution in [3.63, 3.8) is 0 Å². The summed E-state index contributed by atoms with van der Waals surface area (Å²) in [6.45, 7) is 1.95. The molecule has 0 spiro atoms. The first-order chi connectivity index (χ1) is 15.4. The summed E-state index contributed by atoms with van der Waals surface area (Å²) < 4.78 is 57.4. The third kappa shape index (κ3) is 5.09. The first kappa shape index (κ1) is 22.3. The van der Waals surface area contributed by atoms with Crippen LogP contribution in [0.25, 0.3) is 6.08 Å². The van der Waals surface area contributed by atoms with E-state index in [9.17, 15) is 17.6 Å². The van der Waals surface area contributed by atoms with Crippen LogP contribution in [-0.2, 0) is 19.6 Å². The molecule has 2 aliphatic rings. The molecule has 2 aromatic rings. The molecule has 1 amide bonds. The molecule has 0 unspecified atom stereocenters. The summed E-state index contributed by atoms with van der Waals surface area (Å²) in [7, 11) is -4.03. The number of sulfonamides is 1. The van der Waals surface area contributed by atoms with E-state index in [2.05, 4.69) is 5.32 Å². The molecule has 2 aromatic carbocycles. The number of carbonyl (C=O) groups is 1. The van der Waals surface area contributed by atoms with Gasteiger partial charge in [-0.15, -0.1) is 0 Å². The van der Waals surface area contributed by atoms with Crippen molar-refractivity contribution in [3.05, 3.63) is 53.9 Å². The number of nitrogens with zero attached hydrogens (tertiary/aromatic N) is 1. The molecule has 0 radical (unpaired) electrons. The summed E-state index contributed by atoms with van der Waals surface area (Å²) >= 11 is 0. The lowest BCUT2D eigenvalue weighted by molar-refractivity contribution is -0.111. The third-order valence-electron chi connectivity index (χ3n) is 4.99. The molecular formula is C22H23FN2O6S. The third-order valence-corrected chi connectivity index (χ3v) is 6.90. The van der Waals surface area contributed by atoms with Gasteiger partial charge in [0, 0.05) is 31.3 Å². The molecule has 170 valence electrons. The first-order valence-corrected chi connectivity index (χ1v) is 11.6. The zero-order valence-electron chi connectivity index (χ0n) is 17.3. The van der Waals surface area contributed by atoms with Crippen molar-refractivity contribution in [2.24, 2.45) is 0 Å². The van der Waals surface area contributed by atoms with Gasteiger partial charge in [-0.05, 0) is 42.0 Å². The van der Waals surface area contributed by atoms with Crippen LogP contribution in [0.15, 0.2) is 47.4 Å². The smallest absolute Gasteiger partial charge is 0.248 e. The van der Waals surface area contributed by atoms with Gasteiger partial charge in [-0.25, -0.2) is 12.8 Å². The quantitative estimate of drug-likeness (QED) is 0.687. The van der Waals surface area contributed by atoms with Gasteiger partial charge in [-0.2, -0.15) is 4.31 Å². The maximum Gasteiger partial charge on any atom is 0.248 e. The molecule has 8 nitrogen and oxygen atoms in total. The number of anilines is 1. The second kappa shape index (κ2) is 9.68. The van der Waals surface area contributed by atoms with Crippen LogP contribution in [0.5, 0.6) is 11.5 Å². The van der Waals surface area contributed by atoms with Gasteiger partial charge in [-0.1, -0.05) is 6.07 Å². The average Bonchev–Trinajstić information content (AvgIpc) is 3.04. The second-order valence-corrected chi connectivity index (χ2v) is 9.15. The van der Waals surface area contributed by atoms with Crippen LogP contribution in [0.3, 0.4) is 0 Å². The highest BCUT2D eigenvalue weighted by molar-refractivity contribution is 7.89. The fraction of sp³-hybridized carbons (Fsp3) is 0.318. The van der Waals surface area contributed by atoms with Crippen molar-refractivity contribution >= 4 is 27.7 Å². The lowest BCUT2D eigenvalue weighted by atomic mass is 10.2. The van der Waals surface area contributed by atoms with Crippen LogP contribution >= 0.6 is 0 Å². The zero-order chi connectivity index (χ0) is 22.6. The van der Waals surface area contributed by atoms with Crippen molar-refractivity contribution < 1.29 is 31.8 Å². The van der Waals surface area contributed by atoms with Gasteiger partial charge < -0.3 is 19.5 Å². The lowest BCUT2D eigenvalue weighted by Gasteiger charge is -2.26. The summed E-state index contributed by atoms with van der Waals surface area (Å²) in [4.78, 5) is 11.9. The molecule has 2 aliphatic heterocycles. The maximum atomic E-state index is 14.3. The number of fused-ring (bicyclic) bond motifs is 1. The van der Waals surface area contributed by atoms with Crippen molar-refractivity contribution in [2.45, 2.75) is 11.3 Å². The number of benzene rings is 2. The van der Waals surface area contributed by atoms with Crippen LogP contribution in [0.2, 0.25) is 0 Å². The second-order valence-electron chi connectivity index (χ2n) is 7.24. The topological polar surface area (TPSA) is 94.2 Å². The summed E-state index contributed by atoms with van der Waals surface area (Å²) in [6, 6.07) is 8.81. The molecular weight excluding hydrogens is 439 g/mol. The highest BCUT2D eigenvalue weighted by atomic mass is 32.2. The molecule has 0 aliphatic carbocycles. The highest BCUT2D eigenvalue weighted by Crippen LogP contribution is 2.31. The fourth-order valence-electron chi connectivity index (χ4n) is 3.34. The number of hydrogen-bond acceptors (Lipinski definition) is 6. The van der Waals surface area contributed by atoms with Gasteiger partial charge in [0.15, 0.2) is 11.5 Å². The van der Waals surface area contributed by atoms with E-state index in [0.717, 1.165) is 24.1 Å². The Hall–Kier alpha value is -2.95. The van der Waals surface area contributed by atoms with Gasteiger partial charge in [0.2, 0.25) is 15.9 Å². The number of morpholine rings is 1. The minimum absolute atomic E-state index is 0.149. The Kier molecular flexibility index (Phi) is 6.73. The number of amides is 1. The largest absolute Gasteiger partial charge is 0.490 e. The Bertz CT molecular complexity index is 1130. The Balaban J connectivity index is 1.47. The fourth-order valence-corrected chi connectivity index (χ4v) is 4.84. The molecule has 0 bridgehead atoms. The lowest BCUT2D eigenvalue weighted by Crippen LogP contribution is -2.40. The highest BCUT2D eigenvalue weighted by Gasteiger charge is 2.29. The van der Waals surface area contributed by atoms with Crippen molar-refractivity contribution in [3.8, 4) is 11.5 Å². The van der Waals surface area contributed by atoms with E-state index in [-0.39, 0.29) is 32.0 Å². The van der Waals surface area contributed by atoms with Crippen LogP contribution in [0.4, 0.5) is 10.1 Å². The van der Waals surface area contributed by atoms with Crippen LogP contribution in [0.1, 0.15) is 12.0 Å². The molecule has 10 heteroatoms. The normalized spacial score (nSPS) is 17.2. The standard InChI is InChI=1S/C22H23FN2O6S/c23-18-5-4-17(15-21(18)32(27,28)25-8-12-29-13-9-25)24-22(26)7-3-16-2-6-19-20(14-16)31-11-1-10-30-19/h2-7,14-15H,1,8-13H2,(H,24,26). The number of hydrogen-bond donors (Lipinski definition) is 1. The molecule has 1 N–H and O–H groups in total. The number of halogens is 1. The Labute approximate surface area is 185 Å². The van der Waals surface area contributed by atoms with Crippen molar-refractivity contribution in [2.75, 3.05) is 44.8 Å². The van der Waals surface area contributed by atoms with E-state index in [1.807, 2.05) is 0 Å². The van der Waals surface area contributed by atoms with Crippen molar-refractivity contribution in [1.29, 1.82) is 0 Å². The zero-order valence-corrected chi connectivity index (χ0v) is 18.1. The molecule has 1 fully saturated rings. The number of carbonyl (C=O) groups excluding carboxylic acids is 1. The SMILES string of the molecule is O=C(C=Cc1ccc2c(c1)OCCCO2)Nc1ccc(F)c(S(=O)(=O)N2CCOCC2)c1. The molecule has 32 heavy (non-hydrogen) atoms. The number of nitrogens with one attached hydrogen (secondary N) is 1. The van der Waals surface area contributed by atoms with Crippen LogP contribution in [-0.4, -0.2) is 58.1 Å². The summed E-state index contributed by atoms with van der Waals surface area (Å²) in [5.41, 5.74) is 0.908. The molecule has 4 rings (SSSR count). The molecule has 0 atom stereocenters. The maximum absolute atomic E-state index is 14.3. The van der Waals surface area contributed by atoms with Gasteiger partial charge in [-0.3, -0.25) is 4.79 Å². The Morgan fingerprint density at radius 2 is 1.75 bits per heavy atom. The van der Waals surface area contributed by atoms with Gasteiger partial charge in [0.05, 0.1) is 26.4 Å². The van der Waals surface area contributed by atoms with Gasteiger partial charge in [0.25, 0.3) is 0 Å². The minimum atomic E-state index is -4.03. The minimum Gasteiger partial charge on any atom is -0.490 e. The predicted molar refractivity (Wildman–Crippen MR) is 116 cm³/mol. The van der Waals surface area contributed by atoms with Gasteiger partial charge >= 0.3 is 0 Å². The Morgan fingerprint density at radius 1 is 1.00 bits per heavy atom. The molecule has 2 heterocycles. The van der Waals surface area contributed by atoms with E-state index >= 15 is 0 Å². The van der Waals surface area contributed by atoms with Crippen LogP contribution in [0, 0.1) is 5.82 Å². The number of ether oxygens (including phenoxy) is 3. The van der Waals surface area contributed by atoms with E-state index in [0.29, 0.717) is 24.7 Å². The van der Waals surface area contributed by atoms with E-state index in [1.165, 1.54) is 16.4 Å². The predicted octanol–water partition coefficient (Wildman–Crippen LogP) is 2.66. The summed E-state index contributed by atoms with van der Waals surface area (Å²) in [5.74, 6) is -0.0957. The van der Waals surface area contributed by atoms with E-state index in [1.54, 1.807) is 24.3 Å². The molecule has 0 aromatic heterocycles. The van der Waals surface area contributed by atoms with Gasteiger partial charge in [0.1, 0.15) is 10.7 Å². The average molecular weight is 462 g/mol. The number of rotatable bonds is 5. The first-order valence-electron chi connectivity index (χ1n) is 10.2. The molecule has 0 saturated carbocycles. The van der Waals surface area contributed by atoms with Crippen molar-refractivity contribution in [1.82, 2.24) is 4.31 Å². The monoisotopic (exact) mass is 462 g/mol. The Morgan fingerprint density at radius 3 is 2.53 bits per heavy atom.